The van der Waals surface area contributed by atoms with Crippen molar-refractivity contribution in [1.29, 1.82) is 0 Å². The van der Waals surface area contributed by atoms with Crippen LogP contribution in [0.2, 0.25) is 0 Å². The third-order valence-electron chi connectivity index (χ3n) is 5.94. The van der Waals surface area contributed by atoms with Crippen LogP contribution < -0.4 is 4.74 Å². The highest BCUT2D eigenvalue weighted by Crippen LogP contribution is 2.24. The lowest BCUT2D eigenvalue weighted by Crippen LogP contribution is -2.30. The SMILES string of the molecule is c1cncc(COc2ccccc2CN2CCOC[C@@H](Cc3cccn4nccc34)C2)c1. The van der Waals surface area contributed by atoms with Crippen molar-refractivity contribution in [2.45, 2.75) is 19.6 Å². The van der Waals surface area contributed by atoms with Crippen molar-refractivity contribution >= 4 is 5.52 Å². The van der Waals surface area contributed by atoms with Crippen molar-refractivity contribution in [2.75, 3.05) is 26.3 Å². The molecule has 1 aliphatic heterocycles. The fraction of sp³-hybridized carbons (Fsp3) is 0.308. The Balaban J connectivity index is 1.26. The summed E-state index contributed by atoms with van der Waals surface area (Å²) in [6.45, 7) is 4.82. The number of hydrogen-bond donors (Lipinski definition) is 0. The van der Waals surface area contributed by atoms with Crippen molar-refractivity contribution in [3.63, 3.8) is 0 Å². The molecule has 32 heavy (non-hydrogen) atoms. The van der Waals surface area contributed by atoms with Crippen LogP contribution in [0.1, 0.15) is 16.7 Å². The molecular weight excluding hydrogens is 400 g/mol. The van der Waals surface area contributed by atoms with Gasteiger partial charge in [0, 0.05) is 55.5 Å². The number of ether oxygens (including phenoxy) is 2. The van der Waals surface area contributed by atoms with E-state index in [0.717, 1.165) is 50.6 Å². The van der Waals surface area contributed by atoms with Crippen LogP contribution in [0.4, 0.5) is 0 Å². The first-order valence-electron chi connectivity index (χ1n) is 11.2. The molecule has 0 saturated carbocycles. The van der Waals surface area contributed by atoms with Gasteiger partial charge in [0.25, 0.3) is 0 Å². The summed E-state index contributed by atoms with van der Waals surface area (Å²) in [6.07, 6.45) is 8.46. The van der Waals surface area contributed by atoms with Gasteiger partial charge >= 0.3 is 0 Å². The number of rotatable bonds is 7. The molecule has 0 radical (unpaired) electrons. The molecule has 4 aromatic rings. The Morgan fingerprint density at radius 3 is 2.88 bits per heavy atom. The normalized spacial score (nSPS) is 17.3. The maximum Gasteiger partial charge on any atom is 0.124 e. The van der Waals surface area contributed by atoms with E-state index in [1.807, 2.05) is 41.3 Å². The summed E-state index contributed by atoms with van der Waals surface area (Å²) in [7, 11) is 0. The zero-order valence-electron chi connectivity index (χ0n) is 18.1. The van der Waals surface area contributed by atoms with E-state index < -0.39 is 0 Å². The molecule has 4 heterocycles. The predicted octanol–water partition coefficient (Wildman–Crippen LogP) is 4.00. The number of para-hydroxylation sites is 1. The van der Waals surface area contributed by atoms with Crippen LogP contribution in [0.3, 0.4) is 0 Å². The lowest BCUT2D eigenvalue weighted by atomic mass is 9.99. The highest BCUT2D eigenvalue weighted by Gasteiger charge is 2.21. The highest BCUT2D eigenvalue weighted by molar-refractivity contribution is 5.53. The third kappa shape index (κ3) is 4.98. The first-order chi connectivity index (χ1) is 15.8. The van der Waals surface area contributed by atoms with Gasteiger partial charge < -0.3 is 9.47 Å². The number of pyridine rings is 2. The summed E-state index contributed by atoms with van der Waals surface area (Å²) in [5, 5.41) is 4.37. The van der Waals surface area contributed by atoms with Gasteiger partial charge in [-0.3, -0.25) is 9.88 Å². The monoisotopic (exact) mass is 428 g/mol. The summed E-state index contributed by atoms with van der Waals surface area (Å²) >= 11 is 0. The first-order valence-corrected chi connectivity index (χ1v) is 11.2. The minimum atomic E-state index is 0.432. The Labute approximate surface area is 188 Å². The average Bonchev–Trinajstić information content (AvgIpc) is 3.21. The van der Waals surface area contributed by atoms with Crippen molar-refractivity contribution in [2.24, 2.45) is 5.92 Å². The van der Waals surface area contributed by atoms with Crippen molar-refractivity contribution in [3.8, 4) is 5.75 Å². The van der Waals surface area contributed by atoms with Gasteiger partial charge in [0.05, 0.1) is 18.7 Å². The number of aromatic nitrogens is 3. The molecule has 1 fully saturated rings. The molecule has 0 N–H and O–H groups in total. The molecule has 1 atom stereocenters. The second-order valence-corrected chi connectivity index (χ2v) is 8.33. The molecule has 1 saturated heterocycles. The van der Waals surface area contributed by atoms with Crippen LogP contribution >= 0.6 is 0 Å². The number of fused-ring (bicyclic) bond motifs is 1. The van der Waals surface area contributed by atoms with Crippen molar-refractivity contribution in [1.82, 2.24) is 19.5 Å². The Morgan fingerprint density at radius 2 is 1.94 bits per heavy atom. The molecular formula is C26H28N4O2. The molecule has 1 aliphatic rings. The summed E-state index contributed by atoms with van der Waals surface area (Å²) < 4.78 is 14.1. The van der Waals surface area contributed by atoms with Crippen LogP contribution in [-0.2, 0) is 24.3 Å². The van der Waals surface area contributed by atoms with E-state index in [4.69, 9.17) is 9.47 Å². The Hall–Kier alpha value is -3.22. The van der Waals surface area contributed by atoms with Crippen LogP contribution in [0.5, 0.6) is 5.75 Å². The maximum atomic E-state index is 6.15. The van der Waals surface area contributed by atoms with Crippen molar-refractivity contribution < 1.29 is 9.47 Å². The summed E-state index contributed by atoms with van der Waals surface area (Å²) in [6, 6.07) is 18.7. The van der Waals surface area contributed by atoms with Gasteiger partial charge in [0.2, 0.25) is 0 Å². The Bertz CT molecular complexity index is 1140. The zero-order valence-corrected chi connectivity index (χ0v) is 18.1. The van der Waals surface area contributed by atoms with Crippen LogP contribution in [0.15, 0.2) is 79.4 Å². The van der Waals surface area contributed by atoms with E-state index in [1.54, 1.807) is 6.20 Å². The summed E-state index contributed by atoms with van der Waals surface area (Å²) in [4.78, 5) is 6.66. The quantitative estimate of drug-likeness (QED) is 0.445. The van der Waals surface area contributed by atoms with E-state index in [2.05, 4.69) is 51.4 Å². The number of hydrogen-bond acceptors (Lipinski definition) is 5. The lowest BCUT2D eigenvalue weighted by molar-refractivity contribution is 0.122. The molecule has 0 spiro atoms. The van der Waals surface area contributed by atoms with Gasteiger partial charge in [-0.15, -0.1) is 0 Å². The van der Waals surface area contributed by atoms with Gasteiger partial charge in [-0.25, -0.2) is 4.52 Å². The lowest BCUT2D eigenvalue weighted by Gasteiger charge is -2.24. The first kappa shape index (κ1) is 20.7. The van der Waals surface area contributed by atoms with Gasteiger partial charge in [-0.05, 0) is 42.2 Å². The molecule has 6 heteroatoms. The second-order valence-electron chi connectivity index (χ2n) is 8.33. The molecule has 0 bridgehead atoms. The smallest absolute Gasteiger partial charge is 0.124 e. The van der Waals surface area contributed by atoms with E-state index in [1.165, 1.54) is 16.6 Å². The second kappa shape index (κ2) is 9.94. The standard InChI is InChI=1S/C26H28N4O2/c1-2-8-26(32-20-21-5-3-10-27-16-21)24(6-1)18-29-13-14-31-19-22(17-29)15-23-7-4-12-30-25(23)9-11-28-30/h1-12,16,22H,13-15,17-20H2/t22-/m0/s1. The van der Waals surface area contributed by atoms with Gasteiger partial charge in [-0.2, -0.15) is 5.10 Å². The van der Waals surface area contributed by atoms with E-state index in [0.29, 0.717) is 12.5 Å². The molecule has 164 valence electrons. The number of benzene rings is 1. The van der Waals surface area contributed by atoms with Crippen molar-refractivity contribution in [3.05, 3.63) is 96.1 Å². The molecule has 5 rings (SSSR count). The number of nitrogens with zero attached hydrogens (tertiary/aromatic N) is 4. The third-order valence-corrected chi connectivity index (χ3v) is 5.94. The largest absolute Gasteiger partial charge is 0.489 e. The zero-order chi connectivity index (χ0) is 21.6. The molecule has 3 aromatic heterocycles. The predicted molar refractivity (Wildman–Crippen MR) is 123 cm³/mol. The fourth-order valence-electron chi connectivity index (χ4n) is 4.38. The van der Waals surface area contributed by atoms with Crippen LogP contribution in [0, 0.1) is 5.92 Å². The molecule has 6 nitrogen and oxygen atoms in total. The summed E-state index contributed by atoms with van der Waals surface area (Å²) in [5.41, 5.74) is 4.77. The van der Waals surface area contributed by atoms with Gasteiger partial charge in [0.1, 0.15) is 12.4 Å². The molecule has 0 aliphatic carbocycles. The van der Waals surface area contributed by atoms with Crippen LogP contribution in [0.25, 0.3) is 5.52 Å². The highest BCUT2D eigenvalue weighted by atomic mass is 16.5. The van der Waals surface area contributed by atoms with Crippen LogP contribution in [-0.4, -0.2) is 45.8 Å². The minimum absolute atomic E-state index is 0.432. The Morgan fingerprint density at radius 1 is 1.00 bits per heavy atom. The van der Waals surface area contributed by atoms with E-state index in [9.17, 15) is 0 Å². The minimum Gasteiger partial charge on any atom is -0.489 e. The van der Waals surface area contributed by atoms with Gasteiger partial charge in [-0.1, -0.05) is 30.3 Å². The van der Waals surface area contributed by atoms with E-state index in [-0.39, 0.29) is 0 Å². The summed E-state index contributed by atoms with van der Waals surface area (Å²) in [5.74, 6) is 1.36. The maximum absolute atomic E-state index is 6.15. The Kier molecular flexibility index (Phi) is 6.42. The molecule has 0 unspecified atom stereocenters. The topological polar surface area (TPSA) is 51.9 Å². The molecule has 0 amide bonds. The molecule has 1 aromatic carbocycles. The van der Waals surface area contributed by atoms with E-state index >= 15 is 0 Å². The average molecular weight is 429 g/mol. The van der Waals surface area contributed by atoms with Gasteiger partial charge in [0.15, 0.2) is 0 Å². The fourth-order valence-corrected chi connectivity index (χ4v) is 4.38.